The predicted molar refractivity (Wildman–Crippen MR) is 62.4 cm³/mol. The molecule has 1 aromatic rings. The molecule has 0 aliphatic rings. The quantitative estimate of drug-likeness (QED) is 0.891. The monoisotopic (exact) mass is 257 g/mol. The molecule has 0 bridgehead atoms. The fraction of sp³-hybridized carbons (Fsp3) is 0.455. The molecule has 1 rings (SSSR count). The van der Waals surface area contributed by atoms with Crippen LogP contribution in [0, 0.1) is 0 Å². The van der Waals surface area contributed by atoms with Gasteiger partial charge in [-0.25, -0.2) is 0 Å². The van der Waals surface area contributed by atoms with E-state index in [9.17, 15) is 5.11 Å². The van der Waals surface area contributed by atoms with Gasteiger partial charge in [-0.3, -0.25) is 0 Å². The van der Waals surface area contributed by atoms with Crippen molar-refractivity contribution in [3.05, 3.63) is 34.3 Å². The van der Waals surface area contributed by atoms with E-state index in [-0.39, 0.29) is 6.10 Å². The third kappa shape index (κ3) is 4.22. The molecule has 0 heterocycles. The Balaban J connectivity index is 2.47. The van der Waals surface area contributed by atoms with Crippen molar-refractivity contribution in [3.8, 4) is 0 Å². The number of halogens is 1. The summed E-state index contributed by atoms with van der Waals surface area (Å²) in [7, 11) is 3.93. The number of likely N-dealkylation sites (N-methyl/N-ethyl adjacent to an activating group) is 1. The number of nitrogens with zero attached hydrogens (tertiary/aromatic N) is 1. The van der Waals surface area contributed by atoms with E-state index in [2.05, 4.69) is 15.9 Å². The van der Waals surface area contributed by atoms with E-state index in [0.717, 1.165) is 4.47 Å². The lowest BCUT2D eigenvalue weighted by Crippen LogP contribution is -2.27. The minimum absolute atomic E-state index is 0.286. The van der Waals surface area contributed by atoms with Crippen LogP contribution in [0.25, 0.3) is 0 Å². The minimum Gasteiger partial charge on any atom is -0.391 e. The maximum Gasteiger partial charge on any atom is 0.0707 e. The standard InChI is InChI=1S/C11H16BrNO/c1-13(2)8-11(14)7-9-3-5-10(12)6-4-9/h3-6,11,14H,7-8H2,1-2H3. The van der Waals surface area contributed by atoms with Gasteiger partial charge >= 0.3 is 0 Å². The average Bonchev–Trinajstić information content (AvgIpc) is 2.07. The Bertz CT molecular complexity index is 271. The van der Waals surface area contributed by atoms with Gasteiger partial charge in [-0.2, -0.15) is 0 Å². The Morgan fingerprint density at radius 1 is 1.29 bits per heavy atom. The molecule has 2 nitrogen and oxygen atoms in total. The molecule has 1 atom stereocenters. The highest BCUT2D eigenvalue weighted by molar-refractivity contribution is 9.10. The van der Waals surface area contributed by atoms with Crippen LogP contribution >= 0.6 is 15.9 Å². The highest BCUT2D eigenvalue weighted by Gasteiger charge is 2.06. The van der Waals surface area contributed by atoms with Crippen LogP contribution in [-0.2, 0) is 6.42 Å². The van der Waals surface area contributed by atoms with Crippen molar-refractivity contribution >= 4 is 15.9 Å². The summed E-state index contributed by atoms with van der Waals surface area (Å²) >= 11 is 3.38. The highest BCUT2D eigenvalue weighted by atomic mass is 79.9. The number of hydrogen-bond acceptors (Lipinski definition) is 2. The van der Waals surface area contributed by atoms with Crippen molar-refractivity contribution in [2.24, 2.45) is 0 Å². The zero-order chi connectivity index (χ0) is 10.6. The summed E-state index contributed by atoms with van der Waals surface area (Å²) in [6.45, 7) is 0.704. The van der Waals surface area contributed by atoms with Gasteiger partial charge < -0.3 is 10.0 Å². The van der Waals surface area contributed by atoms with Crippen LogP contribution in [0.3, 0.4) is 0 Å². The molecule has 1 aromatic carbocycles. The van der Waals surface area contributed by atoms with Gasteiger partial charge in [0.15, 0.2) is 0 Å². The van der Waals surface area contributed by atoms with Crippen LogP contribution in [0.4, 0.5) is 0 Å². The van der Waals surface area contributed by atoms with Crippen LogP contribution in [0.5, 0.6) is 0 Å². The van der Waals surface area contributed by atoms with Crippen LogP contribution in [0.1, 0.15) is 5.56 Å². The summed E-state index contributed by atoms with van der Waals surface area (Å²) in [6, 6.07) is 8.06. The zero-order valence-electron chi connectivity index (χ0n) is 8.57. The number of benzene rings is 1. The lowest BCUT2D eigenvalue weighted by atomic mass is 10.1. The van der Waals surface area contributed by atoms with Crippen LogP contribution in [-0.4, -0.2) is 36.8 Å². The molecule has 0 saturated heterocycles. The predicted octanol–water partition coefficient (Wildman–Crippen LogP) is 1.91. The Morgan fingerprint density at radius 2 is 1.86 bits per heavy atom. The Hall–Kier alpha value is -0.380. The molecule has 0 aromatic heterocycles. The molecular formula is C11H16BrNO. The van der Waals surface area contributed by atoms with Gasteiger partial charge in [-0.1, -0.05) is 28.1 Å². The first-order chi connectivity index (χ1) is 6.58. The molecule has 1 N–H and O–H groups in total. The Labute approximate surface area is 93.7 Å². The Morgan fingerprint density at radius 3 is 2.36 bits per heavy atom. The van der Waals surface area contributed by atoms with Crippen molar-refractivity contribution in [1.82, 2.24) is 4.90 Å². The summed E-state index contributed by atoms with van der Waals surface area (Å²) in [6.07, 6.45) is 0.428. The molecular weight excluding hydrogens is 242 g/mol. The molecule has 1 unspecified atom stereocenters. The van der Waals surface area contributed by atoms with E-state index >= 15 is 0 Å². The first-order valence-corrected chi connectivity index (χ1v) is 5.44. The molecule has 0 saturated carbocycles. The summed E-state index contributed by atoms with van der Waals surface area (Å²) in [5, 5.41) is 9.69. The topological polar surface area (TPSA) is 23.5 Å². The van der Waals surface area contributed by atoms with Crippen LogP contribution < -0.4 is 0 Å². The van der Waals surface area contributed by atoms with E-state index in [1.165, 1.54) is 5.56 Å². The van der Waals surface area contributed by atoms with Gasteiger partial charge in [0.25, 0.3) is 0 Å². The molecule has 0 radical (unpaired) electrons. The molecule has 3 heteroatoms. The lowest BCUT2D eigenvalue weighted by Gasteiger charge is -2.15. The maximum atomic E-state index is 9.69. The van der Waals surface area contributed by atoms with E-state index in [4.69, 9.17) is 0 Å². The molecule has 0 spiro atoms. The third-order valence-corrected chi connectivity index (χ3v) is 2.49. The second-order valence-electron chi connectivity index (χ2n) is 3.75. The summed E-state index contributed by atoms with van der Waals surface area (Å²) < 4.78 is 1.07. The van der Waals surface area contributed by atoms with Gasteiger partial charge in [-0.05, 0) is 38.2 Å². The first kappa shape index (κ1) is 11.7. The van der Waals surface area contributed by atoms with Gasteiger partial charge in [0.2, 0.25) is 0 Å². The third-order valence-electron chi connectivity index (χ3n) is 1.96. The van der Waals surface area contributed by atoms with Crippen molar-refractivity contribution in [1.29, 1.82) is 0 Å². The number of aliphatic hydroxyl groups excluding tert-OH is 1. The average molecular weight is 258 g/mol. The second-order valence-corrected chi connectivity index (χ2v) is 4.66. The minimum atomic E-state index is -0.286. The highest BCUT2D eigenvalue weighted by Crippen LogP contribution is 2.11. The fourth-order valence-corrected chi connectivity index (χ4v) is 1.64. The molecule has 0 fully saturated rings. The van der Waals surface area contributed by atoms with E-state index < -0.39 is 0 Å². The molecule has 0 aliphatic carbocycles. The van der Waals surface area contributed by atoms with Gasteiger partial charge in [-0.15, -0.1) is 0 Å². The summed E-state index contributed by atoms with van der Waals surface area (Å²) in [4.78, 5) is 1.99. The maximum absolute atomic E-state index is 9.69. The van der Waals surface area contributed by atoms with Gasteiger partial charge in [0, 0.05) is 11.0 Å². The second kappa shape index (κ2) is 5.49. The van der Waals surface area contributed by atoms with Crippen molar-refractivity contribution < 1.29 is 5.11 Å². The van der Waals surface area contributed by atoms with Crippen molar-refractivity contribution in [2.75, 3.05) is 20.6 Å². The van der Waals surface area contributed by atoms with E-state index in [0.29, 0.717) is 13.0 Å². The largest absolute Gasteiger partial charge is 0.391 e. The number of rotatable bonds is 4. The first-order valence-electron chi connectivity index (χ1n) is 4.65. The molecule has 0 amide bonds. The Kier molecular flexibility index (Phi) is 4.58. The molecule has 0 aliphatic heterocycles. The summed E-state index contributed by atoms with van der Waals surface area (Å²) in [5.41, 5.74) is 1.17. The van der Waals surface area contributed by atoms with Crippen LogP contribution in [0.2, 0.25) is 0 Å². The molecule has 78 valence electrons. The fourth-order valence-electron chi connectivity index (χ4n) is 1.38. The summed E-state index contributed by atoms with van der Waals surface area (Å²) in [5.74, 6) is 0. The smallest absolute Gasteiger partial charge is 0.0707 e. The normalized spacial score (nSPS) is 13.2. The zero-order valence-corrected chi connectivity index (χ0v) is 10.2. The van der Waals surface area contributed by atoms with Crippen molar-refractivity contribution in [2.45, 2.75) is 12.5 Å². The number of hydrogen-bond donors (Lipinski definition) is 1. The SMILES string of the molecule is CN(C)CC(O)Cc1ccc(Br)cc1. The van der Waals surface area contributed by atoms with Gasteiger partial charge in [0.05, 0.1) is 6.10 Å². The van der Waals surface area contributed by atoms with Crippen molar-refractivity contribution in [3.63, 3.8) is 0 Å². The van der Waals surface area contributed by atoms with Gasteiger partial charge in [0.1, 0.15) is 0 Å². The van der Waals surface area contributed by atoms with Crippen LogP contribution in [0.15, 0.2) is 28.7 Å². The molecule has 14 heavy (non-hydrogen) atoms. The lowest BCUT2D eigenvalue weighted by molar-refractivity contribution is 0.137. The number of aliphatic hydroxyl groups is 1. The van der Waals surface area contributed by atoms with E-state index in [1.807, 2.05) is 43.3 Å². The van der Waals surface area contributed by atoms with E-state index in [1.54, 1.807) is 0 Å².